The van der Waals surface area contributed by atoms with Crippen LogP contribution in [-0.4, -0.2) is 35.6 Å². The van der Waals surface area contributed by atoms with Crippen LogP contribution in [0, 0.1) is 0 Å². The van der Waals surface area contributed by atoms with Gasteiger partial charge in [-0.2, -0.15) is 0 Å². The first-order chi connectivity index (χ1) is 16.6. The van der Waals surface area contributed by atoms with Crippen LogP contribution in [-0.2, 0) is 16.0 Å². The molecule has 1 heterocycles. The molecule has 1 spiro atoms. The Hall–Kier alpha value is -2.82. The zero-order valence-electron chi connectivity index (χ0n) is 20.4. The molecule has 2 aromatic rings. The van der Waals surface area contributed by atoms with Gasteiger partial charge in [-0.25, -0.2) is 4.79 Å². The lowest BCUT2D eigenvalue weighted by Gasteiger charge is -2.44. The molecule has 2 fully saturated rings. The van der Waals surface area contributed by atoms with E-state index >= 15 is 0 Å². The Bertz CT molecular complexity index is 934. The Labute approximate surface area is 203 Å². The van der Waals surface area contributed by atoms with Crippen molar-refractivity contribution in [1.29, 1.82) is 0 Å². The summed E-state index contributed by atoms with van der Waals surface area (Å²) in [6.45, 7) is 2.89. The number of aryl methyl sites for hydroxylation is 1. The van der Waals surface area contributed by atoms with E-state index in [-0.39, 0.29) is 18.1 Å². The highest BCUT2D eigenvalue weighted by atomic mass is 16.5. The van der Waals surface area contributed by atoms with E-state index in [9.17, 15) is 9.59 Å². The average molecular weight is 463 g/mol. The number of hydrogen-bond donors (Lipinski definition) is 1. The predicted octanol–water partition coefficient (Wildman–Crippen LogP) is 6.69. The summed E-state index contributed by atoms with van der Waals surface area (Å²) in [4.78, 5) is 27.0. The molecule has 2 aromatic carbocycles. The van der Waals surface area contributed by atoms with Crippen molar-refractivity contribution in [1.82, 2.24) is 4.90 Å². The number of benzene rings is 2. The molecule has 1 saturated heterocycles. The fourth-order valence-electron chi connectivity index (χ4n) is 5.69. The molecule has 1 aliphatic carbocycles. The van der Waals surface area contributed by atoms with Crippen LogP contribution >= 0.6 is 0 Å². The van der Waals surface area contributed by atoms with Crippen molar-refractivity contribution in [2.75, 3.05) is 18.5 Å². The fraction of sp³-hybridized carbons (Fsp3) is 0.517. The van der Waals surface area contributed by atoms with Crippen molar-refractivity contribution in [3.63, 3.8) is 0 Å². The molecule has 4 rings (SSSR count). The quantitative estimate of drug-likeness (QED) is 0.423. The smallest absolute Gasteiger partial charge is 0.411 e. The average Bonchev–Trinajstić information content (AvgIpc) is 3.16. The maximum absolute atomic E-state index is 12.7. The Morgan fingerprint density at radius 1 is 1.03 bits per heavy atom. The van der Waals surface area contributed by atoms with Crippen molar-refractivity contribution < 1.29 is 14.3 Å². The summed E-state index contributed by atoms with van der Waals surface area (Å²) < 4.78 is 5.45. The molecule has 1 N–H and O–H groups in total. The molecule has 2 amide bonds. The molecule has 0 atom stereocenters. The standard InChI is InChI=1S/C29H38N2O3/c1-2-3-5-8-23-11-13-26(14-12-23)30-28(33)34-22-21-31-27(32)17-20-29(31)18-15-25(16-19-29)24-9-6-4-7-10-24/h4,6-7,9-14,25H,2-3,5,8,15-22H2,1H3,(H,30,33). The van der Waals surface area contributed by atoms with E-state index in [1.807, 2.05) is 17.0 Å². The summed E-state index contributed by atoms with van der Waals surface area (Å²) in [5.41, 5.74) is 3.36. The van der Waals surface area contributed by atoms with Crippen LogP contribution < -0.4 is 5.32 Å². The third-order valence-corrected chi connectivity index (χ3v) is 7.68. The summed E-state index contributed by atoms with van der Waals surface area (Å²) in [5.74, 6) is 0.769. The molecule has 0 unspecified atom stereocenters. The van der Waals surface area contributed by atoms with Gasteiger partial charge in [0.1, 0.15) is 6.61 Å². The van der Waals surface area contributed by atoms with Gasteiger partial charge >= 0.3 is 6.09 Å². The normalized spacial score (nSPS) is 22.2. The molecule has 5 nitrogen and oxygen atoms in total. The third kappa shape index (κ3) is 5.99. The van der Waals surface area contributed by atoms with Crippen molar-refractivity contribution in [2.45, 2.75) is 82.6 Å². The molecule has 34 heavy (non-hydrogen) atoms. The topological polar surface area (TPSA) is 58.6 Å². The lowest BCUT2D eigenvalue weighted by Crippen LogP contribution is -2.49. The van der Waals surface area contributed by atoms with Gasteiger partial charge in [0.2, 0.25) is 5.91 Å². The maximum Gasteiger partial charge on any atom is 0.411 e. The third-order valence-electron chi connectivity index (χ3n) is 7.68. The van der Waals surface area contributed by atoms with Crippen LogP contribution in [0.5, 0.6) is 0 Å². The first-order valence-corrected chi connectivity index (χ1v) is 13.0. The number of hydrogen-bond acceptors (Lipinski definition) is 3. The SMILES string of the molecule is CCCCCc1ccc(NC(=O)OCCN2C(=O)CCC23CCC(c2ccccc2)CC3)cc1. The largest absolute Gasteiger partial charge is 0.447 e. The van der Waals surface area contributed by atoms with Crippen LogP contribution in [0.4, 0.5) is 10.5 Å². The lowest BCUT2D eigenvalue weighted by atomic mass is 9.73. The number of unbranched alkanes of at least 4 members (excludes halogenated alkanes) is 2. The van der Waals surface area contributed by atoms with Crippen LogP contribution in [0.1, 0.15) is 81.8 Å². The first-order valence-electron chi connectivity index (χ1n) is 13.0. The summed E-state index contributed by atoms with van der Waals surface area (Å²) in [5, 5.41) is 2.80. The highest BCUT2D eigenvalue weighted by Gasteiger charge is 2.46. The van der Waals surface area contributed by atoms with Crippen molar-refractivity contribution in [3.05, 3.63) is 65.7 Å². The van der Waals surface area contributed by atoms with E-state index in [4.69, 9.17) is 4.74 Å². The van der Waals surface area contributed by atoms with Crippen molar-refractivity contribution >= 4 is 17.7 Å². The summed E-state index contributed by atoms with van der Waals surface area (Å²) in [6.07, 6.45) is 10.0. The van der Waals surface area contributed by atoms with Gasteiger partial charge < -0.3 is 9.64 Å². The second kappa shape index (κ2) is 11.5. The van der Waals surface area contributed by atoms with Crippen LogP contribution in [0.15, 0.2) is 54.6 Å². The van der Waals surface area contributed by atoms with Gasteiger partial charge in [0.25, 0.3) is 0 Å². The Morgan fingerprint density at radius 3 is 2.47 bits per heavy atom. The van der Waals surface area contributed by atoms with E-state index in [0.717, 1.165) is 44.2 Å². The molecule has 1 saturated carbocycles. The minimum atomic E-state index is -0.466. The number of amides is 2. The zero-order chi connectivity index (χ0) is 23.8. The van der Waals surface area contributed by atoms with E-state index < -0.39 is 6.09 Å². The number of nitrogens with one attached hydrogen (secondary N) is 1. The number of carbonyl (C=O) groups is 2. The van der Waals surface area contributed by atoms with Gasteiger partial charge in [-0.1, -0.05) is 62.2 Å². The van der Waals surface area contributed by atoms with E-state index in [2.05, 4.69) is 54.7 Å². The zero-order valence-corrected chi connectivity index (χ0v) is 20.4. The number of anilines is 1. The Kier molecular flexibility index (Phi) is 8.25. The number of likely N-dealkylation sites (tertiary alicyclic amines) is 1. The molecule has 0 radical (unpaired) electrons. The van der Waals surface area contributed by atoms with E-state index in [1.54, 1.807) is 0 Å². The van der Waals surface area contributed by atoms with Crippen LogP contribution in [0.3, 0.4) is 0 Å². The van der Waals surface area contributed by atoms with Crippen LogP contribution in [0.2, 0.25) is 0 Å². The summed E-state index contributed by atoms with van der Waals surface area (Å²) >= 11 is 0. The number of carbonyl (C=O) groups excluding carboxylic acids is 2. The van der Waals surface area contributed by atoms with Gasteiger partial charge in [0.15, 0.2) is 0 Å². The summed E-state index contributed by atoms with van der Waals surface area (Å²) in [6, 6.07) is 18.7. The van der Waals surface area contributed by atoms with Crippen molar-refractivity contribution in [2.24, 2.45) is 0 Å². The highest BCUT2D eigenvalue weighted by Crippen LogP contribution is 2.46. The van der Waals surface area contributed by atoms with Crippen LogP contribution in [0.25, 0.3) is 0 Å². The molecular weight excluding hydrogens is 424 g/mol. The predicted molar refractivity (Wildman–Crippen MR) is 136 cm³/mol. The second-order valence-corrected chi connectivity index (χ2v) is 9.87. The molecule has 0 bridgehead atoms. The fourth-order valence-corrected chi connectivity index (χ4v) is 5.69. The minimum absolute atomic E-state index is 0.0597. The van der Waals surface area contributed by atoms with E-state index in [0.29, 0.717) is 18.9 Å². The highest BCUT2D eigenvalue weighted by molar-refractivity contribution is 5.84. The van der Waals surface area contributed by atoms with Gasteiger partial charge in [0, 0.05) is 17.6 Å². The van der Waals surface area contributed by atoms with Gasteiger partial charge in [-0.15, -0.1) is 0 Å². The summed E-state index contributed by atoms with van der Waals surface area (Å²) in [7, 11) is 0. The van der Waals surface area contributed by atoms with Gasteiger partial charge in [-0.05, 0) is 74.1 Å². The number of nitrogens with zero attached hydrogens (tertiary/aromatic N) is 1. The second-order valence-electron chi connectivity index (χ2n) is 9.87. The van der Waals surface area contributed by atoms with Gasteiger partial charge in [0.05, 0.1) is 6.54 Å². The first kappa shape index (κ1) is 24.3. The molecule has 0 aromatic heterocycles. The van der Waals surface area contributed by atoms with Crippen molar-refractivity contribution in [3.8, 4) is 0 Å². The number of rotatable bonds is 9. The monoisotopic (exact) mass is 462 g/mol. The maximum atomic E-state index is 12.7. The lowest BCUT2D eigenvalue weighted by molar-refractivity contribution is -0.132. The van der Waals surface area contributed by atoms with E-state index in [1.165, 1.54) is 30.4 Å². The Balaban J connectivity index is 1.23. The molecule has 1 aliphatic heterocycles. The molecule has 2 aliphatic rings. The molecule has 5 heteroatoms. The Morgan fingerprint density at radius 2 is 1.76 bits per heavy atom. The molecular formula is C29H38N2O3. The molecule has 182 valence electrons. The minimum Gasteiger partial charge on any atom is -0.447 e. The number of ether oxygens (including phenoxy) is 1. The van der Waals surface area contributed by atoms with Gasteiger partial charge in [-0.3, -0.25) is 10.1 Å².